The second-order valence-corrected chi connectivity index (χ2v) is 5.38. The number of halogens is 3. The predicted octanol–water partition coefficient (Wildman–Crippen LogP) is 4.84. The monoisotopic (exact) mass is 310 g/mol. The van der Waals surface area contributed by atoms with Crippen LogP contribution in [0.1, 0.15) is 28.4 Å². The van der Waals surface area contributed by atoms with E-state index in [1.807, 2.05) is 0 Å². The van der Waals surface area contributed by atoms with Crippen molar-refractivity contribution in [2.75, 3.05) is 0 Å². The Hall–Kier alpha value is -1.58. The zero-order valence-corrected chi connectivity index (χ0v) is 11.7. The lowest BCUT2D eigenvalue weighted by Crippen LogP contribution is -2.20. The molecule has 0 fully saturated rings. The molecule has 2 nitrogen and oxygen atoms in total. The van der Waals surface area contributed by atoms with Crippen LogP contribution in [-0.4, -0.2) is 5.78 Å². The maximum Gasteiger partial charge on any atom is 0.170 e. The lowest BCUT2D eigenvalue weighted by atomic mass is 9.96. The van der Waals surface area contributed by atoms with Gasteiger partial charge in [0, 0.05) is 21.7 Å². The highest BCUT2D eigenvalue weighted by Crippen LogP contribution is 2.38. The van der Waals surface area contributed by atoms with Crippen LogP contribution in [0.25, 0.3) is 0 Å². The van der Waals surface area contributed by atoms with Gasteiger partial charge in [0.15, 0.2) is 5.78 Å². The summed E-state index contributed by atoms with van der Waals surface area (Å²) in [6.07, 6.45) is -0.360. The first-order valence-electron chi connectivity index (χ1n) is 5.99. The van der Waals surface area contributed by atoms with E-state index in [0.717, 1.165) is 0 Å². The molecule has 102 valence electrons. The van der Waals surface area contributed by atoms with Crippen LogP contribution in [0.2, 0.25) is 10.0 Å². The van der Waals surface area contributed by atoms with Gasteiger partial charge in [-0.15, -0.1) is 0 Å². The fourth-order valence-electron chi connectivity index (χ4n) is 2.23. The molecule has 0 radical (unpaired) electrons. The van der Waals surface area contributed by atoms with Crippen LogP contribution in [-0.2, 0) is 0 Å². The van der Waals surface area contributed by atoms with Crippen LogP contribution in [0, 0.1) is 5.82 Å². The minimum atomic E-state index is -0.526. The number of rotatable bonds is 1. The van der Waals surface area contributed by atoms with E-state index in [9.17, 15) is 9.18 Å². The molecule has 0 N–H and O–H groups in total. The van der Waals surface area contributed by atoms with Gasteiger partial charge in [0.05, 0.1) is 12.0 Å². The molecule has 0 saturated carbocycles. The van der Waals surface area contributed by atoms with Crippen molar-refractivity contribution in [3.63, 3.8) is 0 Å². The molecule has 2 aromatic carbocycles. The van der Waals surface area contributed by atoms with Gasteiger partial charge in [-0.05, 0) is 24.3 Å². The minimum absolute atomic E-state index is 0.0951. The van der Waals surface area contributed by atoms with Gasteiger partial charge in [-0.25, -0.2) is 4.39 Å². The molecule has 2 aromatic rings. The summed E-state index contributed by atoms with van der Waals surface area (Å²) in [4.78, 5) is 12.1. The average molecular weight is 311 g/mol. The zero-order valence-electron chi connectivity index (χ0n) is 10.2. The van der Waals surface area contributed by atoms with Crippen LogP contribution < -0.4 is 4.74 Å². The second kappa shape index (κ2) is 5.08. The van der Waals surface area contributed by atoms with Crippen molar-refractivity contribution >= 4 is 29.0 Å². The third kappa shape index (κ3) is 2.39. The maximum atomic E-state index is 13.2. The van der Waals surface area contributed by atoms with Crippen molar-refractivity contribution in [1.29, 1.82) is 0 Å². The highest BCUT2D eigenvalue weighted by molar-refractivity contribution is 6.35. The number of hydrogen-bond donors (Lipinski definition) is 0. The standard InChI is InChI=1S/C15H9Cl2FO2/c16-8-1-3-10(12(17)5-8)15-7-13(19)11-4-2-9(18)6-14(11)20-15/h1-6,15H,7H2. The number of fused-ring (bicyclic) bond motifs is 1. The van der Waals surface area contributed by atoms with Crippen molar-refractivity contribution in [2.24, 2.45) is 0 Å². The van der Waals surface area contributed by atoms with Gasteiger partial charge < -0.3 is 4.74 Å². The van der Waals surface area contributed by atoms with E-state index in [2.05, 4.69) is 0 Å². The van der Waals surface area contributed by atoms with E-state index in [0.29, 0.717) is 21.2 Å². The summed E-state index contributed by atoms with van der Waals surface area (Å²) in [6.45, 7) is 0. The Kier molecular flexibility index (Phi) is 3.40. The number of carbonyl (C=O) groups is 1. The van der Waals surface area contributed by atoms with E-state index in [1.165, 1.54) is 18.2 Å². The fraction of sp³-hybridized carbons (Fsp3) is 0.133. The van der Waals surface area contributed by atoms with Gasteiger partial charge >= 0.3 is 0 Å². The molecule has 20 heavy (non-hydrogen) atoms. The summed E-state index contributed by atoms with van der Waals surface area (Å²) < 4.78 is 19.0. The summed E-state index contributed by atoms with van der Waals surface area (Å²) in [5.74, 6) is -0.293. The first kappa shape index (κ1) is 13.4. The van der Waals surface area contributed by atoms with E-state index in [4.69, 9.17) is 27.9 Å². The number of hydrogen-bond acceptors (Lipinski definition) is 2. The highest BCUT2D eigenvalue weighted by Gasteiger charge is 2.29. The lowest BCUT2D eigenvalue weighted by Gasteiger charge is -2.26. The van der Waals surface area contributed by atoms with Gasteiger partial charge in [-0.2, -0.15) is 0 Å². The Labute approximate surface area is 125 Å². The lowest BCUT2D eigenvalue weighted by molar-refractivity contribution is 0.0849. The summed E-state index contributed by atoms with van der Waals surface area (Å²) in [5, 5.41) is 0.933. The van der Waals surface area contributed by atoms with E-state index in [1.54, 1.807) is 18.2 Å². The molecule has 0 bridgehead atoms. The largest absolute Gasteiger partial charge is 0.484 e. The van der Waals surface area contributed by atoms with Gasteiger partial charge in [-0.1, -0.05) is 29.3 Å². The quantitative estimate of drug-likeness (QED) is 0.753. The van der Waals surface area contributed by atoms with E-state index in [-0.39, 0.29) is 18.0 Å². The van der Waals surface area contributed by atoms with E-state index < -0.39 is 11.9 Å². The number of ether oxygens (including phenoxy) is 1. The molecule has 0 saturated heterocycles. The SMILES string of the molecule is O=C1CC(c2ccc(Cl)cc2Cl)Oc2cc(F)ccc21. The van der Waals surface area contributed by atoms with Gasteiger partial charge in [0.2, 0.25) is 0 Å². The maximum absolute atomic E-state index is 13.2. The normalized spacial score (nSPS) is 17.6. The van der Waals surface area contributed by atoms with Crippen LogP contribution >= 0.6 is 23.2 Å². The molecule has 1 heterocycles. The average Bonchev–Trinajstić information content (AvgIpc) is 2.37. The van der Waals surface area contributed by atoms with Crippen molar-refractivity contribution in [2.45, 2.75) is 12.5 Å². The summed E-state index contributed by atoms with van der Waals surface area (Å²) in [7, 11) is 0. The molecule has 0 amide bonds. The van der Waals surface area contributed by atoms with Crippen LogP contribution in [0.5, 0.6) is 5.75 Å². The Morgan fingerprint density at radius 3 is 2.70 bits per heavy atom. The number of benzene rings is 2. The smallest absolute Gasteiger partial charge is 0.170 e. The number of Topliss-reactive ketones (excluding diaryl/α,β-unsaturated/α-hetero) is 1. The summed E-state index contributed by atoms with van der Waals surface area (Å²) >= 11 is 12.0. The molecular weight excluding hydrogens is 302 g/mol. The first-order valence-corrected chi connectivity index (χ1v) is 6.74. The van der Waals surface area contributed by atoms with Crippen LogP contribution in [0.3, 0.4) is 0 Å². The third-order valence-electron chi connectivity index (χ3n) is 3.19. The van der Waals surface area contributed by atoms with Crippen molar-refractivity contribution < 1.29 is 13.9 Å². The number of carbonyl (C=O) groups excluding carboxylic acids is 1. The second-order valence-electron chi connectivity index (χ2n) is 4.54. The molecule has 0 aromatic heterocycles. The predicted molar refractivity (Wildman–Crippen MR) is 75.2 cm³/mol. The Morgan fingerprint density at radius 2 is 1.95 bits per heavy atom. The summed E-state index contributed by atoms with van der Waals surface area (Å²) in [5.41, 5.74) is 1.06. The van der Waals surface area contributed by atoms with Crippen molar-refractivity contribution in [1.82, 2.24) is 0 Å². The molecule has 1 aliphatic heterocycles. The zero-order chi connectivity index (χ0) is 14.3. The van der Waals surface area contributed by atoms with Gasteiger partial charge in [0.25, 0.3) is 0 Å². The minimum Gasteiger partial charge on any atom is -0.484 e. The summed E-state index contributed by atoms with van der Waals surface area (Å²) in [6, 6.07) is 8.88. The highest BCUT2D eigenvalue weighted by atomic mass is 35.5. The molecule has 5 heteroatoms. The molecule has 1 unspecified atom stereocenters. The third-order valence-corrected chi connectivity index (χ3v) is 3.76. The van der Waals surface area contributed by atoms with E-state index >= 15 is 0 Å². The molecule has 1 aliphatic rings. The van der Waals surface area contributed by atoms with Crippen molar-refractivity contribution in [3.8, 4) is 5.75 Å². The van der Waals surface area contributed by atoms with Crippen LogP contribution in [0.15, 0.2) is 36.4 Å². The number of ketones is 1. The van der Waals surface area contributed by atoms with Gasteiger partial charge in [0.1, 0.15) is 17.7 Å². The molecule has 1 atom stereocenters. The van der Waals surface area contributed by atoms with Crippen molar-refractivity contribution in [3.05, 3.63) is 63.4 Å². The van der Waals surface area contributed by atoms with Crippen LogP contribution in [0.4, 0.5) is 4.39 Å². The first-order chi connectivity index (χ1) is 9.54. The Morgan fingerprint density at radius 1 is 1.15 bits per heavy atom. The molecule has 3 rings (SSSR count). The fourth-order valence-corrected chi connectivity index (χ4v) is 2.76. The molecule has 0 spiro atoms. The Balaban J connectivity index is 2.00. The van der Waals surface area contributed by atoms with Gasteiger partial charge in [-0.3, -0.25) is 4.79 Å². The molecule has 0 aliphatic carbocycles. The topological polar surface area (TPSA) is 26.3 Å². The Bertz CT molecular complexity index is 700. The molecular formula is C15H9Cl2FO2.